The van der Waals surface area contributed by atoms with Crippen LogP contribution in [0.5, 0.6) is 5.75 Å². The van der Waals surface area contributed by atoms with Crippen LogP contribution in [0, 0.1) is 0 Å². The summed E-state index contributed by atoms with van der Waals surface area (Å²) in [5, 5.41) is 25.7. The number of nitrogens with one attached hydrogen (secondary N) is 2. The van der Waals surface area contributed by atoms with Crippen LogP contribution in [-0.2, 0) is 17.9 Å². The zero-order valence-corrected chi connectivity index (χ0v) is 17.0. The van der Waals surface area contributed by atoms with E-state index in [2.05, 4.69) is 32.6 Å². The average Bonchev–Trinajstić information content (AvgIpc) is 3.13. The van der Waals surface area contributed by atoms with E-state index in [1.54, 1.807) is 30.3 Å². The number of hydrogen-bond acceptors (Lipinski definition) is 7. The lowest BCUT2D eigenvalue weighted by Gasteiger charge is -2.09. The molecule has 154 valence electrons. The molecule has 3 aromatic rings. The Kier molecular flexibility index (Phi) is 7.62. The molecule has 0 bridgehead atoms. The van der Waals surface area contributed by atoms with E-state index in [9.17, 15) is 9.90 Å². The highest BCUT2D eigenvalue weighted by atomic mass is 32.2. The van der Waals surface area contributed by atoms with Crippen LogP contribution < -0.4 is 10.7 Å². The van der Waals surface area contributed by atoms with Crippen molar-refractivity contribution in [3.63, 3.8) is 0 Å². The first-order valence-electron chi connectivity index (χ1n) is 9.21. The molecule has 0 fully saturated rings. The normalized spacial score (nSPS) is 10.8. The van der Waals surface area contributed by atoms with Gasteiger partial charge >= 0.3 is 0 Å². The van der Waals surface area contributed by atoms with Gasteiger partial charge in [-0.2, -0.15) is 5.10 Å². The van der Waals surface area contributed by atoms with Gasteiger partial charge in [0.1, 0.15) is 5.75 Å². The molecule has 0 atom stereocenters. The van der Waals surface area contributed by atoms with Gasteiger partial charge in [-0.1, -0.05) is 48.2 Å². The topological polar surface area (TPSA) is 104 Å². The number of benzene rings is 2. The molecule has 0 saturated heterocycles. The lowest BCUT2D eigenvalue weighted by molar-refractivity contribution is -0.118. The molecule has 0 aliphatic heterocycles. The number of para-hydroxylation sites is 1. The Morgan fingerprint density at radius 3 is 2.80 bits per heavy atom. The highest BCUT2D eigenvalue weighted by molar-refractivity contribution is 7.99. The van der Waals surface area contributed by atoms with Gasteiger partial charge in [0, 0.05) is 12.2 Å². The predicted octanol–water partition coefficient (Wildman–Crippen LogP) is 3.02. The number of phenols is 1. The van der Waals surface area contributed by atoms with Crippen molar-refractivity contribution < 1.29 is 9.90 Å². The molecule has 0 unspecified atom stereocenters. The van der Waals surface area contributed by atoms with Crippen LogP contribution >= 0.6 is 11.8 Å². The molecule has 0 saturated carbocycles. The van der Waals surface area contributed by atoms with Crippen molar-refractivity contribution in [3.8, 4) is 5.75 Å². The summed E-state index contributed by atoms with van der Waals surface area (Å²) in [5.41, 5.74) is 4.14. The van der Waals surface area contributed by atoms with Crippen LogP contribution in [0.4, 0.5) is 5.69 Å². The number of amides is 1. The molecule has 1 heterocycles. The van der Waals surface area contributed by atoms with Gasteiger partial charge in [0.05, 0.1) is 18.5 Å². The molecule has 1 amide bonds. The molecule has 0 spiro atoms. The number of thioether (sulfide) groups is 1. The Labute approximate surface area is 178 Å². The summed E-state index contributed by atoms with van der Waals surface area (Å²) >= 11 is 1.27. The summed E-state index contributed by atoms with van der Waals surface area (Å²) < 4.78 is 1.91. The maximum absolute atomic E-state index is 12.1. The fourth-order valence-corrected chi connectivity index (χ4v) is 3.31. The van der Waals surface area contributed by atoms with Crippen LogP contribution in [0.25, 0.3) is 0 Å². The van der Waals surface area contributed by atoms with Gasteiger partial charge in [-0.15, -0.1) is 16.8 Å². The number of aromatic nitrogens is 3. The Bertz CT molecular complexity index is 1020. The second kappa shape index (κ2) is 10.8. The number of nitrogens with zero attached hydrogens (tertiary/aromatic N) is 4. The molecule has 0 aliphatic carbocycles. The maximum Gasteiger partial charge on any atom is 0.250 e. The zero-order chi connectivity index (χ0) is 21.2. The number of phenolic OH excluding ortho intramolecular Hbond substituents is 1. The minimum atomic E-state index is -0.270. The quantitative estimate of drug-likeness (QED) is 0.201. The fourth-order valence-electron chi connectivity index (χ4n) is 2.55. The van der Waals surface area contributed by atoms with E-state index in [-0.39, 0.29) is 17.4 Å². The second-order valence-corrected chi connectivity index (χ2v) is 7.14. The molecular formula is C21H22N6O2S. The van der Waals surface area contributed by atoms with E-state index in [4.69, 9.17) is 0 Å². The van der Waals surface area contributed by atoms with Gasteiger partial charge in [0.2, 0.25) is 0 Å². The molecule has 3 rings (SSSR count). The third-order valence-corrected chi connectivity index (χ3v) is 4.90. The molecule has 30 heavy (non-hydrogen) atoms. The van der Waals surface area contributed by atoms with E-state index in [1.807, 2.05) is 34.9 Å². The first-order valence-corrected chi connectivity index (χ1v) is 10.2. The van der Waals surface area contributed by atoms with Gasteiger partial charge in [-0.05, 0) is 29.8 Å². The standard InChI is InChI=1S/C21H22N6O2S/c1-2-11-27-19(14-22-17-8-4-3-5-9-17)24-26-21(27)30-15-20(29)25-23-13-16-7-6-10-18(28)12-16/h2-10,12-13,22,28H,1,11,14-15H2,(H,25,29)/b23-13+. The van der Waals surface area contributed by atoms with E-state index in [0.29, 0.717) is 23.8 Å². The molecule has 3 N–H and O–H groups in total. The lowest BCUT2D eigenvalue weighted by Crippen LogP contribution is -2.20. The third-order valence-electron chi connectivity index (χ3n) is 3.93. The first kappa shape index (κ1) is 21.1. The number of carbonyl (C=O) groups is 1. The van der Waals surface area contributed by atoms with Crippen molar-refractivity contribution in [2.75, 3.05) is 11.1 Å². The average molecular weight is 423 g/mol. The third kappa shape index (κ3) is 6.21. The molecular weight excluding hydrogens is 400 g/mol. The summed E-state index contributed by atoms with van der Waals surface area (Å²) in [7, 11) is 0. The summed E-state index contributed by atoms with van der Waals surface area (Å²) in [4.78, 5) is 12.1. The maximum atomic E-state index is 12.1. The van der Waals surface area contributed by atoms with E-state index in [1.165, 1.54) is 18.0 Å². The number of hydrogen-bond donors (Lipinski definition) is 3. The molecule has 8 nitrogen and oxygen atoms in total. The zero-order valence-electron chi connectivity index (χ0n) is 16.2. The minimum Gasteiger partial charge on any atom is -0.508 e. The summed E-state index contributed by atoms with van der Waals surface area (Å²) in [6.07, 6.45) is 3.23. The largest absolute Gasteiger partial charge is 0.508 e. The van der Waals surface area contributed by atoms with Crippen molar-refractivity contribution in [3.05, 3.63) is 78.6 Å². The van der Waals surface area contributed by atoms with Crippen molar-refractivity contribution in [2.24, 2.45) is 5.10 Å². The van der Waals surface area contributed by atoms with Gasteiger partial charge in [-0.3, -0.25) is 4.79 Å². The van der Waals surface area contributed by atoms with Gasteiger partial charge < -0.3 is 15.0 Å². The van der Waals surface area contributed by atoms with Crippen LogP contribution in [-0.4, -0.2) is 37.7 Å². The van der Waals surface area contributed by atoms with Crippen molar-refractivity contribution in [2.45, 2.75) is 18.2 Å². The van der Waals surface area contributed by atoms with Crippen molar-refractivity contribution in [1.29, 1.82) is 0 Å². The number of aromatic hydroxyl groups is 1. The smallest absolute Gasteiger partial charge is 0.250 e. The molecule has 9 heteroatoms. The Morgan fingerprint density at radius 2 is 2.03 bits per heavy atom. The Balaban J connectivity index is 1.54. The SMILES string of the molecule is C=CCn1c(CNc2ccccc2)nnc1SCC(=O)N/N=C/c1cccc(O)c1. The van der Waals surface area contributed by atoms with E-state index < -0.39 is 0 Å². The number of hydrazone groups is 1. The molecule has 1 aromatic heterocycles. The molecule has 0 aliphatic rings. The van der Waals surface area contributed by atoms with Crippen LogP contribution in [0.3, 0.4) is 0 Å². The summed E-state index contributed by atoms with van der Waals surface area (Å²) in [6, 6.07) is 16.4. The first-order chi connectivity index (χ1) is 14.7. The second-order valence-electron chi connectivity index (χ2n) is 6.19. The predicted molar refractivity (Wildman–Crippen MR) is 119 cm³/mol. The van der Waals surface area contributed by atoms with Crippen molar-refractivity contribution >= 4 is 29.6 Å². The Hall–Kier alpha value is -3.59. The monoisotopic (exact) mass is 422 g/mol. The highest BCUT2D eigenvalue weighted by Crippen LogP contribution is 2.18. The van der Waals surface area contributed by atoms with Crippen LogP contribution in [0.15, 0.2) is 77.5 Å². The molecule has 2 aromatic carbocycles. The minimum absolute atomic E-state index is 0.138. The fraction of sp³-hybridized carbons (Fsp3) is 0.143. The molecule has 0 radical (unpaired) electrons. The Morgan fingerprint density at radius 1 is 1.20 bits per heavy atom. The lowest BCUT2D eigenvalue weighted by atomic mass is 10.2. The summed E-state index contributed by atoms with van der Waals surface area (Å²) in [5.74, 6) is 0.760. The van der Waals surface area contributed by atoms with Gasteiger partial charge in [0.15, 0.2) is 11.0 Å². The number of anilines is 1. The van der Waals surface area contributed by atoms with Crippen LogP contribution in [0.1, 0.15) is 11.4 Å². The summed E-state index contributed by atoms with van der Waals surface area (Å²) in [6.45, 7) is 4.83. The number of carbonyl (C=O) groups excluding carboxylic acids is 1. The van der Waals surface area contributed by atoms with E-state index in [0.717, 1.165) is 11.5 Å². The number of allylic oxidation sites excluding steroid dienone is 1. The van der Waals surface area contributed by atoms with Gasteiger partial charge in [0.25, 0.3) is 5.91 Å². The highest BCUT2D eigenvalue weighted by Gasteiger charge is 2.13. The van der Waals surface area contributed by atoms with E-state index >= 15 is 0 Å². The van der Waals surface area contributed by atoms with Crippen LogP contribution in [0.2, 0.25) is 0 Å². The number of rotatable bonds is 10. The van der Waals surface area contributed by atoms with Gasteiger partial charge in [-0.25, -0.2) is 5.43 Å². The van der Waals surface area contributed by atoms with Crippen molar-refractivity contribution in [1.82, 2.24) is 20.2 Å².